The number of hydrogen-bond acceptors (Lipinski definition) is 3. The van der Waals surface area contributed by atoms with E-state index in [1.165, 1.54) is 0 Å². The van der Waals surface area contributed by atoms with Crippen LogP contribution in [0, 0.1) is 5.41 Å². The third-order valence-electron chi connectivity index (χ3n) is 2.14. The van der Waals surface area contributed by atoms with Gasteiger partial charge in [0.2, 0.25) is 5.91 Å². The van der Waals surface area contributed by atoms with E-state index in [0.29, 0.717) is 5.69 Å². The van der Waals surface area contributed by atoms with Crippen molar-refractivity contribution >= 4 is 11.6 Å². The molecule has 3 N–H and O–H groups in total. The van der Waals surface area contributed by atoms with E-state index in [0.717, 1.165) is 0 Å². The molecular weight excluding hydrogens is 190 g/mol. The molecule has 1 heterocycles. The summed E-state index contributed by atoms with van der Waals surface area (Å²) in [6.45, 7) is 5.79. The van der Waals surface area contributed by atoms with Gasteiger partial charge < -0.3 is 11.1 Å². The standard InChI is InChI=1S/C11H17N3O/c1-11(2,3)9(12)10(15)14-8-5-4-6-13-7-8/h4-7,9H,12H2,1-3H3,(H,14,15). The molecule has 0 aliphatic heterocycles. The van der Waals surface area contributed by atoms with E-state index in [-0.39, 0.29) is 11.3 Å². The van der Waals surface area contributed by atoms with E-state index >= 15 is 0 Å². The highest BCUT2D eigenvalue weighted by atomic mass is 16.2. The molecule has 0 aliphatic rings. The molecule has 1 amide bonds. The summed E-state index contributed by atoms with van der Waals surface area (Å²) in [5.74, 6) is -0.185. The van der Waals surface area contributed by atoms with Gasteiger partial charge in [0.25, 0.3) is 0 Å². The van der Waals surface area contributed by atoms with Gasteiger partial charge in [-0.1, -0.05) is 20.8 Å². The van der Waals surface area contributed by atoms with Crippen molar-refractivity contribution in [3.8, 4) is 0 Å². The number of nitrogens with one attached hydrogen (secondary N) is 1. The van der Waals surface area contributed by atoms with Crippen molar-refractivity contribution in [2.75, 3.05) is 5.32 Å². The molecule has 1 unspecified atom stereocenters. The first-order valence-electron chi connectivity index (χ1n) is 4.88. The largest absolute Gasteiger partial charge is 0.323 e. The Morgan fingerprint density at radius 3 is 2.67 bits per heavy atom. The Labute approximate surface area is 89.9 Å². The highest BCUT2D eigenvalue weighted by Gasteiger charge is 2.27. The van der Waals surface area contributed by atoms with E-state index in [2.05, 4.69) is 10.3 Å². The molecule has 1 atom stereocenters. The van der Waals surface area contributed by atoms with Crippen LogP contribution in [0.5, 0.6) is 0 Å². The predicted molar refractivity (Wildman–Crippen MR) is 60.3 cm³/mol. The summed E-state index contributed by atoms with van der Waals surface area (Å²) in [5, 5.41) is 2.72. The van der Waals surface area contributed by atoms with Gasteiger partial charge in [-0.3, -0.25) is 9.78 Å². The maximum absolute atomic E-state index is 11.7. The highest BCUT2D eigenvalue weighted by Crippen LogP contribution is 2.18. The van der Waals surface area contributed by atoms with E-state index in [9.17, 15) is 4.79 Å². The molecule has 0 bridgehead atoms. The fourth-order valence-electron chi connectivity index (χ4n) is 1.05. The van der Waals surface area contributed by atoms with Gasteiger partial charge in [0.05, 0.1) is 17.9 Å². The van der Waals surface area contributed by atoms with Crippen molar-refractivity contribution in [2.24, 2.45) is 11.1 Å². The Morgan fingerprint density at radius 2 is 2.20 bits per heavy atom. The average molecular weight is 207 g/mol. The molecule has 0 radical (unpaired) electrons. The SMILES string of the molecule is CC(C)(C)C(N)C(=O)Nc1cccnc1. The lowest BCUT2D eigenvalue weighted by molar-refractivity contribution is -0.119. The normalized spacial score (nSPS) is 13.3. The van der Waals surface area contributed by atoms with Gasteiger partial charge in [-0.25, -0.2) is 0 Å². The summed E-state index contributed by atoms with van der Waals surface area (Å²) in [5.41, 5.74) is 6.23. The number of carbonyl (C=O) groups excluding carboxylic acids is 1. The van der Waals surface area contributed by atoms with Crippen molar-refractivity contribution in [3.63, 3.8) is 0 Å². The summed E-state index contributed by atoms with van der Waals surface area (Å²) in [7, 11) is 0. The molecule has 4 heteroatoms. The number of anilines is 1. The number of hydrogen-bond donors (Lipinski definition) is 2. The highest BCUT2D eigenvalue weighted by molar-refractivity contribution is 5.95. The number of nitrogens with two attached hydrogens (primary N) is 1. The number of rotatable bonds is 2. The lowest BCUT2D eigenvalue weighted by Crippen LogP contribution is -2.45. The van der Waals surface area contributed by atoms with Crippen LogP contribution in [0.4, 0.5) is 5.69 Å². The Kier molecular flexibility index (Phi) is 3.42. The number of carbonyl (C=O) groups is 1. The molecular formula is C11H17N3O. The molecule has 15 heavy (non-hydrogen) atoms. The Hall–Kier alpha value is -1.42. The summed E-state index contributed by atoms with van der Waals surface area (Å²) in [4.78, 5) is 15.6. The van der Waals surface area contributed by atoms with Crippen molar-refractivity contribution in [1.82, 2.24) is 4.98 Å². The topological polar surface area (TPSA) is 68.0 Å². The van der Waals surface area contributed by atoms with E-state index in [1.807, 2.05) is 20.8 Å². The Balaban J connectivity index is 2.65. The van der Waals surface area contributed by atoms with Crippen LogP contribution in [-0.4, -0.2) is 16.9 Å². The Bertz CT molecular complexity index is 329. The maximum atomic E-state index is 11.7. The third kappa shape index (κ3) is 3.32. The van der Waals surface area contributed by atoms with E-state index in [4.69, 9.17) is 5.73 Å². The second-order valence-corrected chi connectivity index (χ2v) is 4.57. The van der Waals surface area contributed by atoms with Gasteiger partial charge >= 0.3 is 0 Å². The summed E-state index contributed by atoms with van der Waals surface area (Å²) >= 11 is 0. The minimum Gasteiger partial charge on any atom is -0.323 e. The third-order valence-corrected chi connectivity index (χ3v) is 2.14. The van der Waals surface area contributed by atoms with Gasteiger partial charge in [-0.15, -0.1) is 0 Å². The second kappa shape index (κ2) is 4.40. The van der Waals surface area contributed by atoms with Gasteiger partial charge in [-0.2, -0.15) is 0 Å². The summed E-state index contributed by atoms with van der Waals surface area (Å²) in [6, 6.07) is 3.01. The molecule has 0 aromatic carbocycles. The number of amides is 1. The molecule has 1 rings (SSSR count). The molecule has 82 valence electrons. The second-order valence-electron chi connectivity index (χ2n) is 4.57. The summed E-state index contributed by atoms with van der Waals surface area (Å²) < 4.78 is 0. The summed E-state index contributed by atoms with van der Waals surface area (Å²) in [6.07, 6.45) is 3.24. The van der Waals surface area contributed by atoms with Gasteiger partial charge in [0.1, 0.15) is 0 Å². The monoisotopic (exact) mass is 207 g/mol. The molecule has 1 aromatic rings. The van der Waals surface area contributed by atoms with Crippen molar-refractivity contribution in [3.05, 3.63) is 24.5 Å². The molecule has 0 spiro atoms. The van der Waals surface area contributed by atoms with Gasteiger partial charge in [0.15, 0.2) is 0 Å². The fraction of sp³-hybridized carbons (Fsp3) is 0.455. The van der Waals surface area contributed by atoms with E-state index in [1.54, 1.807) is 24.5 Å². The fourth-order valence-corrected chi connectivity index (χ4v) is 1.05. The lowest BCUT2D eigenvalue weighted by atomic mass is 9.87. The van der Waals surface area contributed by atoms with E-state index < -0.39 is 6.04 Å². The number of pyridine rings is 1. The maximum Gasteiger partial charge on any atom is 0.241 e. The van der Waals surface area contributed by atoms with Crippen LogP contribution in [-0.2, 0) is 4.79 Å². The molecule has 0 aliphatic carbocycles. The molecule has 0 saturated heterocycles. The smallest absolute Gasteiger partial charge is 0.241 e. The van der Waals surface area contributed by atoms with Crippen molar-refractivity contribution in [1.29, 1.82) is 0 Å². The zero-order chi connectivity index (χ0) is 11.5. The van der Waals surface area contributed by atoms with Crippen LogP contribution >= 0.6 is 0 Å². The molecule has 0 saturated carbocycles. The van der Waals surface area contributed by atoms with Crippen molar-refractivity contribution in [2.45, 2.75) is 26.8 Å². The first-order valence-corrected chi connectivity index (χ1v) is 4.88. The first kappa shape index (κ1) is 11.7. The first-order chi connectivity index (χ1) is 6.91. The molecule has 1 aromatic heterocycles. The van der Waals surface area contributed by atoms with Crippen LogP contribution in [0.3, 0.4) is 0 Å². The van der Waals surface area contributed by atoms with Crippen LogP contribution in [0.25, 0.3) is 0 Å². The van der Waals surface area contributed by atoms with Crippen LogP contribution < -0.4 is 11.1 Å². The van der Waals surface area contributed by atoms with Gasteiger partial charge in [0, 0.05) is 6.20 Å². The minimum absolute atomic E-state index is 0.185. The molecule has 4 nitrogen and oxygen atoms in total. The number of nitrogens with zero attached hydrogens (tertiary/aromatic N) is 1. The Morgan fingerprint density at radius 1 is 1.53 bits per heavy atom. The van der Waals surface area contributed by atoms with Crippen LogP contribution in [0.1, 0.15) is 20.8 Å². The quantitative estimate of drug-likeness (QED) is 0.770. The average Bonchev–Trinajstić information content (AvgIpc) is 2.16. The number of aromatic nitrogens is 1. The van der Waals surface area contributed by atoms with Crippen molar-refractivity contribution < 1.29 is 4.79 Å². The van der Waals surface area contributed by atoms with Crippen LogP contribution in [0.2, 0.25) is 0 Å². The lowest BCUT2D eigenvalue weighted by Gasteiger charge is -2.25. The zero-order valence-corrected chi connectivity index (χ0v) is 9.32. The predicted octanol–water partition coefficient (Wildman–Crippen LogP) is 1.39. The minimum atomic E-state index is -0.530. The zero-order valence-electron chi connectivity index (χ0n) is 9.32. The molecule has 0 fully saturated rings. The van der Waals surface area contributed by atoms with Gasteiger partial charge in [-0.05, 0) is 17.5 Å². The van der Waals surface area contributed by atoms with Crippen LogP contribution in [0.15, 0.2) is 24.5 Å².